The minimum atomic E-state index is -0.139. The number of hydrogen-bond donors (Lipinski definition) is 1. The Labute approximate surface area is 117 Å². The molecule has 1 unspecified atom stereocenters. The fourth-order valence-electron chi connectivity index (χ4n) is 1.96. The molecule has 1 aromatic carbocycles. The van der Waals surface area contributed by atoms with Gasteiger partial charge in [0.2, 0.25) is 0 Å². The van der Waals surface area contributed by atoms with E-state index in [0.29, 0.717) is 22.2 Å². The molecule has 0 saturated carbocycles. The van der Waals surface area contributed by atoms with Crippen LogP contribution in [0.4, 0.5) is 0 Å². The zero-order valence-electron chi connectivity index (χ0n) is 11.0. The zero-order valence-corrected chi connectivity index (χ0v) is 11.8. The summed E-state index contributed by atoms with van der Waals surface area (Å²) >= 11 is 6.20. The standard InChI is InChI=1S/C14H17ClN2O2/c1-3-5-10(16)13-8-11(17-19-13)14-9(15)6-4-7-12(14)18-2/h4,6-8,10H,3,5,16H2,1-2H3. The molecular formula is C14H17ClN2O2. The predicted octanol–water partition coefficient (Wildman–Crippen LogP) is 3.80. The molecule has 5 heteroatoms. The molecule has 0 saturated heterocycles. The van der Waals surface area contributed by atoms with E-state index in [2.05, 4.69) is 12.1 Å². The van der Waals surface area contributed by atoms with Crippen molar-refractivity contribution < 1.29 is 9.26 Å². The molecular weight excluding hydrogens is 264 g/mol. The van der Waals surface area contributed by atoms with Crippen LogP contribution >= 0.6 is 11.6 Å². The molecule has 0 fully saturated rings. The minimum Gasteiger partial charge on any atom is -0.496 e. The Morgan fingerprint density at radius 2 is 2.26 bits per heavy atom. The summed E-state index contributed by atoms with van der Waals surface area (Å²) < 4.78 is 10.6. The normalized spacial score (nSPS) is 12.4. The van der Waals surface area contributed by atoms with E-state index in [0.717, 1.165) is 18.4 Å². The van der Waals surface area contributed by atoms with Crippen molar-refractivity contribution in [2.75, 3.05) is 7.11 Å². The van der Waals surface area contributed by atoms with Crippen molar-refractivity contribution in [1.82, 2.24) is 5.16 Å². The maximum Gasteiger partial charge on any atom is 0.154 e. The van der Waals surface area contributed by atoms with Gasteiger partial charge in [-0.3, -0.25) is 0 Å². The molecule has 0 aliphatic carbocycles. The number of hydrogen-bond acceptors (Lipinski definition) is 4. The fraction of sp³-hybridized carbons (Fsp3) is 0.357. The molecule has 1 aromatic heterocycles. The van der Waals surface area contributed by atoms with Gasteiger partial charge in [-0.05, 0) is 18.6 Å². The van der Waals surface area contributed by atoms with Gasteiger partial charge in [-0.1, -0.05) is 36.2 Å². The van der Waals surface area contributed by atoms with E-state index in [-0.39, 0.29) is 6.04 Å². The maximum atomic E-state index is 6.20. The maximum absolute atomic E-state index is 6.20. The third-order valence-corrected chi connectivity index (χ3v) is 3.26. The van der Waals surface area contributed by atoms with Crippen molar-refractivity contribution in [2.45, 2.75) is 25.8 Å². The van der Waals surface area contributed by atoms with Gasteiger partial charge in [0, 0.05) is 6.07 Å². The van der Waals surface area contributed by atoms with Crippen LogP contribution in [0.1, 0.15) is 31.6 Å². The number of halogens is 1. The summed E-state index contributed by atoms with van der Waals surface area (Å²) in [4.78, 5) is 0. The van der Waals surface area contributed by atoms with Crippen molar-refractivity contribution in [3.63, 3.8) is 0 Å². The van der Waals surface area contributed by atoms with Crippen molar-refractivity contribution in [1.29, 1.82) is 0 Å². The SMILES string of the molecule is CCCC(N)c1cc(-c2c(Cl)cccc2OC)no1. The minimum absolute atomic E-state index is 0.139. The Balaban J connectivity index is 2.38. The molecule has 19 heavy (non-hydrogen) atoms. The van der Waals surface area contributed by atoms with Gasteiger partial charge >= 0.3 is 0 Å². The van der Waals surface area contributed by atoms with Crippen molar-refractivity contribution in [2.24, 2.45) is 5.73 Å². The number of rotatable bonds is 5. The number of nitrogens with two attached hydrogens (primary N) is 1. The van der Waals surface area contributed by atoms with Crippen molar-refractivity contribution >= 4 is 11.6 Å². The monoisotopic (exact) mass is 280 g/mol. The highest BCUT2D eigenvalue weighted by atomic mass is 35.5. The van der Waals surface area contributed by atoms with Crippen LogP contribution < -0.4 is 10.5 Å². The Hall–Kier alpha value is -1.52. The van der Waals surface area contributed by atoms with Crippen LogP contribution in [0.2, 0.25) is 5.02 Å². The molecule has 0 amide bonds. The summed E-state index contributed by atoms with van der Waals surface area (Å²) in [6.07, 6.45) is 1.85. The van der Waals surface area contributed by atoms with Gasteiger partial charge in [0.15, 0.2) is 5.76 Å². The lowest BCUT2D eigenvalue weighted by Gasteiger charge is -2.07. The topological polar surface area (TPSA) is 61.3 Å². The molecule has 0 aliphatic rings. The van der Waals surface area contributed by atoms with Crippen LogP contribution in [0.3, 0.4) is 0 Å². The van der Waals surface area contributed by atoms with Gasteiger partial charge in [-0.2, -0.15) is 0 Å². The lowest BCUT2D eigenvalue weighted by molar-refractivity contribution is 0.356. The average molecular weight is 281 g/mol. The quantitative estimate of drug-likeness (QED) is 0.905. The smallest absolute Gasteiger partial charge is 0.154 e. The molecule has 1 atom stereocenters. The molecule has 0 radical (unpaired) electrons. The van der Waals surface area contributed by atoms with Crippen molar-refractivity contribution in [3.8, 4) is 17.0 Å². The first kappa shape index (κ1) is 13.9. The first-order valence-electron chi connectivity index (χ1n) is 6.22. The van der Waals surface area contributed by atoms with Crippen LogP contribution in [0.5, 0.6) is 5.75 Å². The molecule has 2 aromatic rings. The lowest BCUT2D eigenvalue weighted by atomic mass is 10.1. The highest BCUT2D eigenvalue weighted by molar-refractivity contribution is 6.33. The van der Waals surface area contributed by atoms with E-state index in [1.165, 1.54) is 0 Å². The highest BCUT2D eigenvalue weighted by Crippen LogP contribution is 2.36. The van der Waals surface area contributed by atoms with E-state index >= 15 is 0 Å². The second-order valence-corrected chi connectivity index (χ2v) is 4.73. The number of nitrogens with zero attached hydrogens (tertiary/aromatic N) is 1. The Kier molecular flexibility index (Phi) is 4.45. The molecule has 0 aliphatic heterocycles. The average Bonchev–Trinajstić information content (AvgIpc) is 2.88. The van der Waals surface area contributed by atoms with E-state index in [1.54, 1.807) is 13.2 Å². The number of aromatic nitrogens is 1. The number of methoxy groups -OCH3 is 1. The third-order valence-electron chi connectivity index (χ3n) is 2.94. The van der Waals surface area contributed by atoms with Crippen molar-refractivity contribution in [3.05, 3.63) is 35.0 Å². The first-order chi connectivity index (χ1) is 9.17. The summed E-state index contributed by atoms with van der Waals surface area (Å²) in [5, 5.41) is 4.61. The van der Waals surface area contributed by atoms with Gasteiger partial charge in [-0.15, -0.1) is 0 Å². The molecule has 1 heterocycles. The van der Waals surface area contributed by atoms with E-state index < -0.39 is 0 Å². The summed E-state index contributed by atoms with van der Waals surface area (Å²) in [7, 11) is 1.60. The van der Waals surface area contributed by atoms with E-state index in [9.17, 15) is 0 Å². The predicted molar refractivity (Wildman–Crippen MR) is 75.3 cm³/mol. The molecule has 0 spiro atoms. The lowest BCUT2D eigenvalue weighted by Crippen LogP contribution is -2.08. The van der Waals surface area contributed by atoms with E-state index in [1.807, 2.05) is 18.2 Å². The second-order valence-electron chi connectivity index (χ2n) is 4.33. The van der Waals surface area contributed by atoms with Crippen LogP contribution in [0.15, 0.2) is 28.8 Å². The van der Waals surface area contributed by atoms with Gasteiger partial charge in [0.25, 0.3) is 0 Å². The summed E-state index contributed by atoms with van der Waals surface area (Å²) in [6.45, 7) is 2.08. The van der Waals surface area contributed by atoms with Crippen LogP contribution in [0, 0.1) is 0 Å². The van der Waals surface area contributed by atoms with Crippen LogP contribution in [-0.2, 0) is 0 Å². The Morgan fingerprint density at radius 3 is 2.95 bits per heavy atom. The van der Waals surface area contributed by atoms with Crippen LogP contribution in [0.25, 0.3) is 11.3 Å². The summed E-state index contributed by atoms with van der Waals surface area (Å²) in [6, 6.07) is 7.14. The van der Waals surface area contributed by atoms with Gasteiger partial charge < -0.3 is 15.0 Å². The molecule has 0 bridgehead atoms. The largest absolute Gasteiger partial charge is 0.496 e. The number of benzene rings is 1. The Morgan fingerprint density at radius 1 is 1.47 bits per heavy atom. The van der Waals surface area contributed by atoms with Crippen LogP contribution in [-0.4, -0.2) is 12.3 Å². The molecule has 2 rings (SSSR count). The summed E-state index contributed by atoms with van der Waals surface area (Å²) in [5.74, 6) is 1.33. The Bertz CT molecular complexity index is 554. The molecule has 102 valence electrons. The summed E-state index contributed by atoms with van der Waals surface area (Å²) in [5.41, 5.74) is 7.38. The molecule has 4 nitrogen and oxygen atoms in total. The highest BCUT2D eigenvalue weighted by Gasteiger charge is 2.17. The first-order valence-corrected chi connectivity index (χ1v) is 6.60. The third kappa shape index (κ3) is 2.91. The second kappa shape index (κ2) is 6.08. The van der Waals surface area contributed by atoms with E-state index in [4.69, 9.17) is 26.6 Å². The van der Waals surface area contributed by atoms with Gasteiger partial charge in [0.05, 0.1) is 23.7 Å². The molecule has 2 N–H and O–H groups in total. The van der Waals surface area contributed by atoms with Gasteiger partial charge in [0.1, 0.15) is 11.4 Å². The zero-order chi connectivity index (χ0) is 13.8. The number of ether oxygens (including phenoxy) is 1. The fourth-order valence-corrected chi connectivity index (χ4v) is 2.22. The van der Waals surface area contributed by atoms with Gasteiger partial charge in [-0.25, -0.2) is 0 Å².